The maximum Gasteiger partial charge on any atom is 0.275 e. The van der Waals surface area contributed by atoms with E-state index in [0.717, 1.165) is 12.2 Å². The van der Waals surface area contributed by atoms with Crippen LogP contribution in [0, 0.1) is 16.0 Å². The van der Waals surface area contributed by atoms with Crippen molar-refractivity contribution in [2.75, 3.05) is 11.9 Å². The number of nitrogens with zero attached hydrogens (tertiary/aromatic N) is 1. The second kappa shape index (κ2) is 6.59. The fourth-order valence-corrected chi connectivity index (χ4v) is 2.61. The third-order valence-corrected chi connectivity index (χ3v) is 3.54. The molecule has 0 saturated heterocycles. The standard InChI is InChI=1S/C15H22N2O3/c1-11(2)20-15-8-13(7-14(9-15)17(18)19)16-10-12-5-3-4-6-12/h7-9,11-12,16H,3-6,10H2,1-2H3. The molecule has 20 heavy (non-hydrogen) atoms. The van der Waals surface area contributed by atoms with Crippen LogP contribution in [0.25, 0.3) is 0 Å². The molecule has 1 saturated carbocycles. The second-order valence-electron chi connectivity index (χ2n) is 5.67. The zero-order valence-corrected chi connectivity index (χ0v) is 12.1. The van der Waals surface area contributed by atoms with E-state index in [1.807, 2.05) is 19.9 Å². The Morgan fingerprint density at radius 1 is 1.35 bits per heavy atom. The number of nitro groups is 1. The highest BCUT2D eigenvalue weighted by Crippen LogP contribution is 2.29. The van der Waals surface area contributed by atoms with Crippen LogP contribution in [0.2, 0.25) is 0 Å². The van der Waals surface area contributed by atoms with Crippen LogP contribution in [0.4, 0.5) is 11.4 Å². The summed E-state index contributed by atoms with van der Waals surface area (Å²) in [6.07, 6.45) is 5.08. The van der Waals surface area contributed by atoms with Gasteiger partial charge in [0.15, 0.2) is 0 Å². The van der Waals surface area contributed by atoms with E-state index in [1.165, 1.54) is 31.7 Å². The first kappa shape index (κ1) is 14.6. The van der Waals surface area contributed by atoms with Crippen molar-refractivity contribution in [1.82, 2.24) is 0 Å². The van der Waals surface area contributed by atoms with Crippen molar-refractivity contribution < 1.29 is 9.66 Å². The van der Waals surface area contributed by atoms with Crippen LogP contribution in [-0.4, -0.2) is 17.6 Å². The first-order valence-electron chi connectivity index (χ1n) is 7.24. The lowest BCUT2D eigenvalue weighted by molar-refractivity contribution is -0.384. The molecule has 1 aliphatic rings. The molecule has 2 rings (SSSR count). The van der Waals surface area contributed by atoms with E-state index in [4.69, 9.17) is 4.74 Å². The summed E-state index contributed by atoms with van der Waals surface area (Å²) >= 11 is 0. The predicted molar refractivity (Wildman–Crippen MR) is 79.3 cm³/mol. The van der Waals surface area contributed by atoms with Crippen LogP contribution in [0.3, 0.4) is 0 Å². The maximum absolute atomic E-state index is 11.0. The highest BCUT2D eigenvalue weighted by Gasteiger charge is 2.16. The average molecular weight is 278 g/mol. The van der Waals surface area contributed by atoms with Crippen molar-refractivity contribution in [3.05, 3.63) is 28.3 Å². The topological polar surface area (TPSA) is 64.4 Å². The Kier molecular flexibility index (Phi) is 4.82. The number of nitro benzene ring substituents is 1. The molecular formula is C15H22N2O3. The SMILES string of the molecule is CC(C)Oc1cc(NCC2CCCC2)cc([N+](=O)[O-])c1. The summed E-state index contributed by atoms with van der Waals surface area (Å²) in [5, 5.41) is 14.3. The highest BCUT2D eigenvalue weighted by atomic mass is 16.6. The molecule has 1 fully saturated rings. The quantitative estimate of drug-likeness (QED) is 0.631. The molecule has 110 valence electrons. The minimum atomic E-state index is -0.381. The predicted octanol–water partition coefficient (Wildman–Crippen LogP) is 3.98. The lowest BCUT2D eigenvalue weighted by Gasteiger charge is -2.14. The molecule has 1 aromatic rings. The fraction of sp³-hybridized carbons (Fsp3) is 0.600. The van der Waals surface area contributed by atoms with Crippen LogP contribution >= 0.6 is 0 Å². The van der Waals surface area contributed by atoms with E-state index in [0.29, 0.717) is 11.7 Å². The molecular weight excluding hydrogens is 256 g/mol. The third kappa shape index (κ3) is 4.11. The second-order valence-corrected chi connectivity index (χ2v) is 5.67. The van der Waals surface area contributed by atoms with Gasteiger partial charge in [0.2, 0.25) is 0 Å². The number of non-ortho nitro benzene ring substituents is 1. The Labute approximate surface area is 119 Å². The molecule has 5 heteroatoms. The Hall–Kier alpha value is -1.78. The Bertz CT molecular complexity index is 468. The molecule has 0 amide bonds. The summed E-state index contributed by atoms with van der Waals surface area (Å²) in [6.45, 7) is 4.69. The van der Waals surface area contributed by atoms with Crippen molar-refractivity contribution in [2.45, 2.75) is 45.6 Å². The molecule has 0 unspecified atom stereocenters. The fourth-order valence-electron chi connectivity index (χ4n) is 2.61. The smallest absolute Gasteiger partial charge is 0.275 e. The van der Waals surface area contributed by atoms with Gasteiger partial charge in [-0.1, -0.05) is 12.8 Å². The largest absolute Gasteiger partial charge is 0.491 e. The van der Waals surface area contributed by atoms with Gasteiger partial charge in [-0.05, 0) is 32.6 Å². The van der Waals surface area contributed by atoms with Gasteiger partial charge in [0, 0.05) is 24.4 Å². The molecule has 0 heterocycles. The zero-order chi connectivity index (χ0) is 14.5. The lowest BCUT2D eigenvalue weighted by atomic mass is 10.1. The van der Waals surface area contributed by atoms with E-state index in [1.54, 1.807) is 6.07 Å². The molecule has 1 N–H and O–H groups in total. The Morgan fingerprint density at radius 2 is 2.05 bits per heavy atom. The number of nitrogens with one attached hydrogen (secondary N) is 1. The van der Waals surface area contributed by atoms with Gasteiger partial charge >= 0.3 is 0 Å². The third-order valence-electron chi connectivity index (χ3n) is 3.54. The zero-order valence-electron chi connectivity index (χ0n) is 12.1. The summed E-state index contributed by atoms with van der Waals surface area (Å²) in [6, 6.07) is 4.88. The number of hydrogen-bond acceptors (Lipinski definition) is 4. The van der Waals surface area contributed by atoms with E-state index < -0.39 is 0 Å². The molecule has 5 nitrogen and oxygen atoms in total. The molecule has 1 aromatic carbocycles. The van der Waals surface area contributed by atoms with Crippen LogP contribution in [0.1, 0.15) is 39.5 Å². The molecule has 0 aromatic heterocycles. The molecule has 0 aliphatic heterocycles. The van der Waals surface area contributed by atoms with Gasteiger partial charge in [-0.15, -0.1) is 0 Å². The van der Waals surface area contributed by atoms with Crippen molar-refractivity contribution in [3.8, 4) is 5.75 Å². The van der Waals surface area contributed by atoms with Gasteiger partial charge in [0.25, 0.3) is 5.69 Å². The van der Waals surface area contributed by atoms with Gasteiger partial charge in [-0.25, -0.2) is 0 Å². The van der Waals surface area contributed by atoms with Gasteiger partial charge in [0.05, 0.1) is 17.1 Å². The number of rotatable bonds is 6. The molecule has 0 radical (unpaired) electrons. The lowest BCUT2D eigenvalue weighted by Crippen LogP contribution is -2.12. The van der Waals surface area contributed by atoms with Crippen LogP contribution < -0.4 is 10.1 Å². The Balaban J connectivity index is 2.08. The van der Waals surface area contributed by atoms with E-state index in [-0.39, 0.29) is 16.7 Å². The van der Waals surface area contributed by atoms with Crippen molar-refractivity contribution in [1.29, 1.82) is 0 Å². The molecule has 0 spiro atoms. The van der Waals surface area contributed by atoms with Crippen molar-refractivity contribution in [2.24, 2.45) is 5.92 Å². The number of hydrogen-bond donors (Lipinski definition) is 1. The first-order chi connectivity index (χ1) is 9.54. The van der Waals surface area contributed by atoms with Crippen LogP contribution in [0.15, 0.2) is 18.2 Å². The van der Waals surface area contributed by atoms with Gasteiger partial charge in [-0.3, -0.25) is 10.1 Å². The number of anilines is 1. The monoisotopic (exact) mass is 278 g/mol. The van der Waals surface area contributed by atoms with E-state index in [9.17, 15) is 10.1 Å². The molecule has 0 bridgehead atoms. The van der Waals surface area contributed by atoms with Gasteiger partial charge in [-0.2, -0.15) is 0 Å². The molecule has 0 atom stereocenters. The van der Waals surface area contributed by atoms with Crippen LogP contribution in [0.5, 0.6) is 5.75 Å². The normalized spacial score (nSPS) is 15.6. The number of benzene rings is 1. The summed E-state index contributed by atoms with van der Waals surface area (Å²) in [4.78, 5) is 10.6. The highest BCUT2D eigenvalue weighted by molar-refractivity contribution is 5.56. The van der Waals surface area contributed by atoms with Crippen LogP contribution in [-0.2, 0) is 0 Å². The van der Waals surface area contributed by atoms with Crippen molar-refractivity contribution >= 4 is 11.4 Å². The van der Waals surface area contributed by atoms with E-state index >= 15 is 0 Å². The Morgan fingerprint density at radius 3 is 2.65 bits per heavy atom. The summed E-state index contributed by atoms with van der Waals surface area (Å²) in [7, 11) is 0. The first-order valence-corrected chi connectivity index (χ1v) is 7.24. The van der Waals surface area contributed by atoms with Gasteiger partial charge < -0.3 is 10.1 Å². The van der Waals surface area contributed by atoms with Gasteiger partial charge in [0.1, 0.15) is 5.75 Å². The summed E-state index contributed by atoms with van der Waals surface area (Å²) in [5.74, 6) is 1.23. The minimum Gasteiger partial charge on any atom is -0.491 e. The number of ether oxygens (including phenoxy) is 1. The molecule has 1 aliphatic carbocycles. The average Bonchev–Trinajstić information content (AvgIpc) is 2.88. The van der Waals surface area contributed by atoms with Crippen molar-refractivity contribution in [3.63, 3.8) is 0 Å². The minimum absolute atomic E-state index is 0.000291. The summed E-state index contributed by atoms with van der Waals surface area (Å²) in [5.41, 5.74) is 0.832. The summed E-state index contributed by atoms with van der Waals surface area (Å²) < 4.78 is 5.57. The van der Waals surface area contributed by atoms with E-state index in [2.05, 4.69) is 5.32 Å². The maximum atomic E-state index is 11.0.